The number of carbonyl (C=O) groups is 1. The van der Waals surface area contributed by atoms with Gasteiger partial charge in [-0.1, -0.05) is 29.8 Å². The Morgan fingerprint density at radius 3 is 2.63 bits per heavy atom. The van der Waals surface area contributed by atoms with Gasteiger partial charge in [0.15, 0.2) is 0 Å². The normalized spacial score (nSPS) is 10.8. The molecule has 4 heteroatoms. The molecule has 0 atom stereocenters. The fourth-order valence-electron chi connectivity index (χ4n) is 2.02. The third kappa shape index (κ3) is 2.23. The van der Waals surface area contributed by atoms with Crippen LogP contribution in [0.4, 0.5) is 0 Å². The molecule has 0 bridgehead atoms. The highest BCUT2D eigenvalue weighted by Gasteiger charge is 2.14. The molecule has 0 amide bonds. The van der Waals surface area contributed by atoms with Gasteiger partial charge in [-0.3, -0.25) is 0 Å². The van der Waals surface area contributed by atoms with Crippen molar-refractivity contribution in [3.63, 3.8) is 0 Å². The average Bonchev–Trinajstić information content (AvgIpc) is 2.81. The first-order valence-corrected chi connectivity index (χ1v) is 6.86. The first-order valence-electron chi connectivity index (χ1n) is 5.67. The molecule has 19 heavy (non-hydrogen) atoms. The summed E-state index contributed by atoms with van der Waals surface area (Å²) in [5, 5.41) is 10.9. The first-order chi connectivity index (χ1) is 9.15. The summed E-state index contributed by atoms with van der Waals surface area (Å²) in [6.45, 7) is 0. The summed E-state index contributed by atoms with van der Waals surface area (Å²) in [7, 11) is 0. The van der Waals surface area contributed by atoms with Gasteiger partial charge in [0.25, 0.3) is 0 Å². The predicted molar refractivity (Wildman–Crippen MR) is 79.2 cm³/mol. The van der Waals surface area contributed by atoms with E-state index in [0.717, 1.165) is 15.0 Å². The summed E-state index contributed by atoms with van der Waals surface area (Å²) >= 11 is 7.55. The van der Waals surface area contributed by atoms with Crippen molar-refractivity contribution in [3.8, 4) is 10.4 Å². The van der Waals surface area contributed by atoms with Crippen LogP contribution in [0.2, 0.25) is 5.02 Å². The van der Waals surface area contributed by atoms with Crippen LogP contribution in [0.15, 0.2) is 48.5 Å². The summed E-state index contributed by atoms with van der Waals surface area (Å²) in [5.74, 6) is -0.941. The van der Waals surface area contributed by atoms with Crippen LogP contribution in [0.25, 0.3) is 20.5 Å². The molecule has 0 unspecified atom stereocenters. The molecule has 0 radical (unpaired) electrons. The van der Waals surface area contributed by atoms with Crippen molar-refractivity contribution in [2.24, 2.45) is 0 Å². The number of benzene rings is 2. The Labute approximate surface area is 118 Å². The SMILES string of the molecule is O=C(O)c1ccc(Cl)cc1-c1cc2ccccc2s1. The van der Waals surface area contributed by atoms with E-state index in [1.54, 1.807) is 29.5 Å². The molecule has 0 saturated heterocycles. The minimum atomic E-state index is -0.941. The van der Waals surface area contributed by atoms with Crippen LogP contribution in [0, 0.1) is 0 Å². The number of hydrogen-bond donors (Lipinski definition) is 1. The van der Waals surface area contributed by atoms with E-state index in [-0.39, 0.29) is 5.56 Å². The fraction of sp³-hybridized carbons (Fsp3) is 0. The van der Waals surface area contributed by atoms with Crippen molar-refractivity contribution in [2.75, 3.05) is 0 Å². The lowest BCUT2D eigenvalue weighted by Crippen LogP contribution is -1.98. The van der Waals surface area contributed by atoms with Gasteiger partial charge in [-0.25, -0.2) is 4.79 Å². The van der Waals surface area contributed by atoms with E-state index in [2.05, 4.69) is 0 Å². The van der Waals surface area contributed by atoms with Gasteiger partial charge in [-0.2, -0.15) is 0 Å². The maximum atomic E-state index is 11.3. The minimum Gasteiger partial charge on any atom is -0.478 e. The first kappa shape index (κ1) is 12.2. The quantitative estimate of drug-likeness (QED) is 0.727. The van der Waals surface area contributed by atoms with E-state index in [4.69, 9.17) is 11.6 Å². The molecule has 1 N–H and O–H groups in total. The molecule has 3 rings (SSSR count). The number of aromatic carboxylic acids is 1. The number of halogens is 1. The summed E-state index contributed by atoms with van der Waals surface area (Å²) in [4.78, 5) is 12.2. The second-order valence-corrected chi connectivity index (χ2v) is 5.66. The number of thiophene rings is 1. The Morgan fingerprint density at radius 2 is 1.89 bits per heavy atom. The zero-order valence-corrected chi connectivity index (χ0v) is 11.3. The maximum absolute atomic E-state index is 11.3. The Balaban J connectivity index is 2.25. The van der Waals surface area contributed by atoms with Crippen LogP contribution in [0.5, 0.6) is 0 Å². The molecule has 1 aromatic heterocycles. The topological polar surface area (TPSA) is 37.3 Å². The van der Waals surface area contributed by atoms with Crippen molar-refractivity contribution in [1.29, 1.82) is 0 Å². The van der Waals surface area contributed by atoms with Gasteiger partial charge in [0.05, 0.1) is 5.56 Å². The molecule has 0 spiro atoms. The van der Waals surface area contributed by atoms with E-state index >= 15 is 0 Å². The Hall–Kier alpha value is -1.84. The molecule has 1 heterocycles. The van der Waals surface area contributed by atoms with Crippen LogP contribution in [-0.4, -0.2) is 11.1 Å². The van der Waals surface area contributed by atoms with E-state index in [1.165, 1.54) is 0 Å². The van der Waals surface area contributed by atoms with Gasteiger partial charge in [0, 0.05) is 20.2 Å². The smallest absolute Gasteiger partial charge is 0.336 e. The van der Waals surface area contributed by atoms with Crippen molar-refractivity contribution < 1.29 is 9.90 Å². The zero-order chi connectivity index (χ0) is 13.4. The molecule has 94 valence electrons. The van der Waals surface area contributed by atoms with Gasteiger partial charge < -0.3 is 5.11 Å². The van der Waals surface area contributed by atoms with Gasteiger partial charge in [-0.15, -0.1) is 11.3 Å². The second-order valence-electron chi connectivity index (χ2n) is 4.14. The van der Waals surface area contributed by atoms with Crippen molar-refractivity contribution >= 4 is 39.0 Å². The van der Waals surface area contributed by atoms with Gasteiger partial charge >= 0.3 is 5.97 Å². The van der Waals surface area contributed by atoms with Gasteiger partial charge in [0.2, 0.25) is 0 Å². The van der Waals surface area contributed by atoms with Gasteiger partial charge in [-0.05, 0) is 35.7 Å². The molecule has 0 aliphatic rings. The highest BCUT2D eigenvalue weighted by molar-refractivity contribution is 7.22. The van der Waals surface area contributed by atoms with Crippen molar-refractivity contribution in [3.05, 3.63) is 59.1 Å². The summed E-state index contributed by atoms with van der Waals surface area (Å²) in [6.07, 6.45) is 0. The molecule has 0 saturated carbocycles. The molecule has 2 nitrogen and oxygen atoms in total. The fourth-order valence-corrected chi connectivity index (χ4v) is 3.29. The lowest BCUT2D eigenvalue weighted by Gasteiger charge is -2.03. The standard InChI is InChI=1S/C15H9ClO2S/c16-10-5-6-11(15(17)18)12(8-10)14-7-9-3-1-2-4-13(9)19-14/h1-8H,(H,17,18). The summed E-state index contributed by atoms with van der Waals surface area (Å²) in [6, 6.07) is 14.8. The van der Waals surface area contributed by atoms with Crippen LogP contribution in [0.3, 0.4) is 0 Å². The number of fused-ring (bicyclic) bond motifs is 1. The van der Waals surface area contributed by atoms with Crippen LogP contribution >= 0.6 is 22.9 Å². The van der Waals surface area contributed by atoms with Crippen LogP contribution in [0.1, 0.15) is 10.4 Å². The molecule has 0 fully saturated rings. The zero-order valence-electron chi connectivity index (χ0n) is 9.76. The van der Waals surface area contributed by atoms with E-state index < -0.39 is 5.97 Å². The predicted octanol–water partition coefficient (Wildman–Crippen LogP) is 4.92. The highest BCUT2D eigenvalue weighted by atomic mass is 35.5. The third-order valence-corrected chi connectivity index (χ3v) is 4.29. The molecular weight excluding hydrogens is 280 g/mol. The molecular formula is C15H9ClO2S. The van der Waals surface area contributed by atoms with Crippen molar-refractivity contribution in [2.45, 2.75) is 0 Å². The Kier molecular flexibility index (Phi) is 3.01. The molecule has 0 aliphatic heterocycles. The van der Waals surface area contributed by atoms with E-state index in [1.807, 2.05) is 30.3 Å². The number of carboxylic acids is 1. The molecule has 3 aromatic rings. The maximum Gasteiger partial charge on any atom is 0.336 e. The lowest BCUT2D eigenvalue weighted by atomic mass is 10.1. The summed E-state index contributed by atoms with van der Waals surface area (Å²) in [5.41, 5.74) is 0.942. The van der Waals surface area contributed by atoms with Crippen LogP contribution in [-0.2, 0) is 0 Å². The Morgan fingerprint density at radius 1 is 1.11 bits per heavy atom. The largest absolute Gasteiger partial charge is 0.478 e. The van der Waals surface area contributed by atoms with E-state index in [9.17, 15) is 9.90 Å². The van der Waals surface area contributed by atoms with E-state index in [0.29, 0.717) is 10.6 Å². The third-order valence-electron chi connectivity index (χ3n) is 2.90. The Bertz CT molecular complexity index is 744. The molecule has 2 aromatic carbocycles. The van der Waals surface area contributed by atoms with Gasteiger partial charge in [0.1, 0.15) is 0 Å². The average molecular weight is 289 g/mol. The number of carboxylic acid groups (broad SMARTS) is 1. The highest BCUT2D eigenvalue weighted by Crippen LogP contribution is 2.36. The summed E-state index contributed by atoms with van der Waals surface area (Å²) < 4.78 is 1.13. The second kappa shape index (κ2) is 4.68. The monoisotopic (exact) mass is 288 g/mol. The van der Waals surface area contributed by atoms with Crippen LogP contribution < -0.4 is 0 Å². The molecule has 0 aliphatic carbocycles. The lowest BCUT2D eigenvalue weighted by molar-refractivity contribution is 0.0698. The minimum absolute atomic E-state index is 0.274. The number of rotatable bonds is 2. The van der Waals surface area contributed by atoms with Crippen molar-refractivity contribution in [1.82, 2.24) is 0 Å². The number of hydrogen-bond acceptors (Lipinski definition) is 2.